The molecule has 1 amide bonds. The van der Waals surface area contributed by atoms with Gasteiger partial charge in [0.2, 0.25) is 5.91 Å². The summed E-state index contributed by atoms with van der Waals surface area (Å²) in [6.07, 6.45) is 0.637. The molecule has 26 heavy (non-hydrogen) atoms. The molecule has 2 aromatic heterocycles. The molecule has 1 N–H and O–H groups in total. The molecule has 1 unspecified atom stereocenters. The average molecular weight is 359 g/mol. The summed E-state index contributed by atoms with van der Waals surface area (Å²) in [5.41, 5.74) is -0.0589. The van der Waals surface area contributed by atoms with Crippen LogP contribution in [0.4, 0.5) is 5.82 Å². The molecule has 2 aromatic rings. The van der Waals surface area contributed by atoms with E-state index in [-0.39, 0.29) is 5.91 Å². The Labute approximate surface area is 152 Å². The summed E-state index contributed by atoms with van der Waals surface area (Å²) >= 11 is 0. The Morgan fingerprint density at radius 2 is 2.15 bits per heavy atom. The van der Waals surface area contributed by atoms with Crippen LogP contribution in [-0.2, 0) is 4.79 Å². The van der Waals surface area contributed by atoms with E-state index in [1.807, 2.05) is 26.1 Å². The molecule has 0 aromatic carbocycles. The van der Waals surface area contributed by atoms with E-state index in [1.54, 1.807) is 16.3 Å². The number of anilines is 1. The van der Waals surface area contributed by atoms with Crippen molar-refractivity contribution >= 4 is 17.4 Å². The van der Waals surface area contributed by atoms with Crippen molar-refractivity contribution in [3.05, 3.63) is 18.0 Å². The van der Waals surface area contributed by atoms with Crippen LogP contribution in [0.5, 0.6) is 0 Å². The van der Waals surface area contributed by atoms with Crippen LogP contribution in [0.2, 0.25) is 0 Å². The minimum atomic E-state index is -0.808. The molecule has 0 aliphatic carbocycles. The molecule has 4 heterocycles. The van der Waals surface area contributed by atoms with E-state index in [0.717, 1.165) is 30.4 Å². The highest BCUT2D eigenvalue weighted by atomic mass is 16.3. The molecule has 9 nitrogen and oxygen atoms in total. The third-order valence-electron chi connectivity index (χ3n) is 5.54. The molecule has 2 aliphatic heterocycles. The third-order valence-corrected chi connectivity index (χ3v) is 5.54. The van der Waals surface area contributed by atoms with E-state index < -0.39 is 5.60 Å². The molecule has 2 fully saturated rings. The molecule has 1 atom stereocenters. The van der Waals surface area contributed by atoms with Crippen LogP contribution in [0.15, 0.2) is 12.1 Å². The predicted octanol–water partition coefficient (Wildman–Crippen LogP) is -0.464. The molecule has 9 heteroatoms. The number of hydrogen-bond acceptors (Lipinski definition) is 7. The fraction of sp³-hybridized carbons (Fsp3) is 0.647. The van der Waals surface area contributed by atoms with Crippen LogP contribution in [-0.4, -0.2) is 92.0 Å². The van der Waals surface area contributed by atoms with Gasteiger partial charge in [-0.3, -0.25) is 9.69 Å². The normalized spacial score (nSPS) is 23.9. The number of aryl methyl sites for hydroxylation is 1. The Hall–Kier alpha value is -2.26. The van der Waals surface area contributed by atoms with Crippen molar-refractivity contribution in [2.75, 3.05) is 44.7 Å². The van der Waals surface area contributed by atoms with Gasteiger partial charge >= 0.3 is 0 Å². The van der Waals surface area contributed by atoms with E-state index in [9.17, 15) is 9.90 Å². The van der Waals surface area contributed by atoms with Crippen molar-refractivity contribution in [2.45, 2.75) is 31.9 Å². The SMILES string of the molecule is CC(=O)N1CCC(O)(CN(C)C2CN(c3ccc4nnc(C)n4n3)C2)C1. The predicted molar refractivity (Wildman–Crippen MR) is 96.0 cm³/mol. The van der Waals surface area contributed by atoms with Crippen LogP contribution in [0.1, 0.15) is 19.2 Å². The van der Waals surface area contributed by atoms with E-state index in [4.69, 9.17) is 0 Å². The number of rotatable bonds is 4. The zero-order valence-corrected chi connectivity index (χ0v) is 15.5. The number of aromatic nitrogens is 4. The maximum Gasteiger partial charge on any atom is 0.219 e. The van der Waals surface area contributed by atoms with Crippen molar-refractivity contribution in [3.8, 4) is 0 Å². The van der Waals surface area contributed by atoms with E-state index in [2.05, 4.69) is 25.1 Å². The largest absolute Gasteiger partial charge is 0.387 e. The monoisotopic (exact) mass is 359 g/mol. The number of β-amino-alcohol motifs (C(OH)–C–C–N with tert-alkyl or cyclic N) is 1. The van der Waals surface area contributed by atoms with Crippen molar-refractivity contribution in [3.63, 3.8) is 0 Å². The first kappa shape index (κ1) is 17.2. The second-order valence-corrected chi connectivity index (χ2v) is 7.60. The number of nitrogens with zero attached hydrogens (tertiary/aromatic N) is 7. The smallest absolute Gasteiger partial charge is 0.219 e. The van der Waals surface area contributed by atoms with Gasteiger partial charge in [-0.2, -0.15) is 4.52 Å². The number of likely N-dealkylation sites (tertiary alicyclic amines) is 1. The van der Waals surface area contributed by atoms with Crippen molar-refractivity contribution in [1.29, 1.82) is 0 Å². The Morgan fingerprint density at radius 3 is 2.85 bits per heavy atom. The van der Waals surface area contributed by atoms with Crippen LogP contribution >= 0.6 is 0 Å². The zero-order valence-electron chi connectivity index (χ0n) is 15.5. The summed E-state index contributed by atoms with van der Waals surface area (Å²) in [6, 6.07) is 4.26. The highest BCUT2D eigenvalue weighted by Crippen LogP contribution is 2.26. The Balaban J connectivity index is 1.35. The third kappa shape index (κ3) is 3.01. The van der Waals surface area contributed by atoms with Gasteiger partial charge < -0.3 is 14.9 Å². The Kier molecular flexibility index (Phi) is 4.07. The molecule has 0 spiro atoms. The molecule has 4 rings (SSSR count). The van der Waals surface area contributed by atoms with Gasteiger partial charge in [0.05, 0.1) is 12.1 Å². The lowest BCUT2D eigenvalue weighted by molar-refractivity contribution is -0.129. The Morgan fingerprint density at radius 1 is 1.38 bits per heavy atom. The highest BCUT2D eigenvalue weighted by molar-refractivity contribution is 5.73. The van der Waals surface area contributed by atoms with E-state index >= 15 is 0 Å². The lowest BCUT2D eigenvalue weighted by Gasteiger charge is -2.46. The molecule has 2 saturated heterocycles. The van der Waals surface area contributed by atoms with Crippen LogP contribution in [0.3, 0.4) is 0 Å². The minimum Gasteiger partial charge on any atom is -0.387 e. The number of amides is 1. The fourth-order valence-electron chi connectivity index (χ4n) is 3.82. The van der Waals surface area contributed by atoms with Gasteiger partial charge in [-0.1, -0.05) is 0 Å². The van der Waals surface area contributed by atoms with Crippen molar-refractivity contribution < 1.29 is 9.90 Å². The first-order chi connectivity index (χ1) is 12.3. The summed E-state index contributed by atoms with van der Waals surface area (Å²) in [5, 5.41) is 23.5. The lowest BCUT2D eigenvalue weighted by Crippen LogP contribution is -2.61. The lowest BCUT2D eigenvalue weighted by atomic mass is 10.00. The number of likely N-dealkylation sites (N-methyl/N-ethyl adjacent to an activating group) is 1. The first-order valence-corrected chi connectivity index (χ1v) is 8.97. The standard InChI is InChI=1S/C17H25N7O2/c1-12-18-19-15-4-5-16(20-24(12)15)23-8-14(9-23)21(3)10-17(26)6-7-22(11-17)13(2)25/h4-5,14,26H,6-11H2,1-3H3. The fourth-order valence-corrected chi connectivity index (χ4v) is 3.82. The van der Waals surface area contributed by atoms with Gasteiger partial charge in [-0.15, -0.1) is 15.3 Å². The number of aliphatic hydroxyl groups is 1. The van der Waals surface area contributed by atoms with Gasteiger partial charge in [0, 0.05) is 39.1 Å². The molecule has 0 bridgehead atoms. The maximum atomic E-state index is 11.5. The number of fused-ring (bicyclic) bond motifs is 1. The van der Waals surface area contributed by atoms with Crippen molar-refractivity contribution in [1.82, 2.24) is 29.6 Å². The molecular formula is C17H25N7O2. The van der Waals surface area contributed by atoms with Crippen LogP contribution in [0, 0.1) is 6.92 Å². The minimum absolute atomic E-state index is 0.0316. The van der Waals surface area contributed by atoms with Crippen LogP contribution < -0.4 is 4.90 Å². The van der Waals surface area contributed by atoms with E-state index in [1.165, 1.54) is 0 Å². The molecular weight excluding hydrogens is 334 g/mol. The van der Waals surface area contributed by atoms with E-state index in [0.29, 0.717) is 32.1 Å². The maximum absolute atomic E-state index is 11.5. The topological polar surface area (TPSA) is 90.1 Å². The first-order valence-electron chi connectivity index (χ1n) is 8.97. The number of carbonyl (C=O) groups is 1. The molecule has 2 aliphatic rings. The summed E-state index contributed by atoms with van der Waals surface area (Å²) in [6.45, 7) is 6.81. The number of carbonyl (C=O) groups excluding carboxylic acids is 1. The molecule has 0 radical (unpaired) electrons. The summed E-state index contributed by atoms with van der Waals surface area (Å²) in [4.78, 5) is 17.6. The quantitative estimate of drug-likeness (QED) is 0.790. The summed E-state index contributed by atoms with van der Waals surface area (Å²) in [7, 11) is 2.04. The second-order valence-electron chi connectivity index (χ2n) is 7.60. The van der Waals surface area contributed by atoms with Gasteiger partial charge in [-0.25, -0.2) is 0 Å². The van der Waals surface area contributed by atoms with Gasteiger partial charge in [0.25, 0.3) is 0 Å². The van der Waals surface area contributed by atoms with Crippen LogP contribution in [0.25, 0.3) is 5.65 Å². The molecule has 0 saturated carbocycles. The highest BCUT2D eigenvalue weighted by Gasteiger charge is 2.41. The Bertz CT molecular complexity index is 832. The summed E-state index contributed by atoms with van der Waals surface area (Å²) in [5.74, 6) is 1.71. The summed E-state index contributed by atoms with van der Waals surface area (Å²) < 4.78 is 1.75. The molecule has 140 valence electrons. The average Bonchev–Trinajstić information content (AvgIpc) is 3.10. The van der Waals surface area contributed by atoms with Gasteiger partial charge in [-0.05, 0) is 32.5 Å². The zero-order chi connectivity index (χ0) is 18.5. The number of hydrogen-bond donors (Lipinski definition) is 1. The van der Waals surface area contributed by atoms with Gasteiger partial charge in [0.1, 0.15) is 5.82 Å². The van der Waals surface area contributed by atoms with Crippen molar-refractivity contribution in [2.24, 2.45) is 0 Å². The second kappa shape index (κ2) is 6.17. The van der Waals surface area contributed by atoms with Gasteiger partial charge in [0.15, 0.2) is 11.5 Å².